The van der Waals surface area contributed by atoms with E-state index in [4.69, 9.17) is 5.73 Å². The molecule has 5 heteroatoms. The van der Waals surface area contributed by atoms with Crippen LogP contribution in [0.5, 0.6) is 5.75 Å². The molecule has 0 radical (unpaired) electrons. The van der Waals surface area contributed by atoms with E-state index < -0.39 is 0 Å². The van der Waals surface area contributed by atoms with Crippen LogP contribution in [-0.4, -0.2) is 14.9 Å². The Balaban J connectivity index is 2.49. The zero-order valence-electron chi connectivity index (χ0n) is 11.0. The number of aromatic nitrogens is 2. The Labute approximate surface area is 111 Å². The summed E-state index contributed by atoms with van der Waals surface area (Å²) in [6, 6.07) is 8.72. The molecule has 1 aromatic carbocycles. The van der Waals surface area contributed by atoms with Gasteiger partial charge in [-0.2, -0.15) is 9.78 Å². The molecule has 0 aliphatic rings. The first kappa shape index (κ1) is 13.3. The maximum Gasteiger partial charge on any atom is 0.275 e. The fraction of sp³-hybridized carbons (Fsp3) is 0.286. The van der Waals surface area contributed by atoms with Gasteiger partial charge in [-0.05, 0) is 23.6 Å². The molecule has 0 atom stereocenters. The molecule has 1 aromatic heterocycles. The minimum Gasteiger partial charge on any atom is -0.506 e. The van der Waals surface area contributed by atoms with Crippen molar-refractivity contribution in [2.75, 3.05) is 0 Å². The van der Waals surface area contributed by atoms with Gasteiger partial charge >= 0.3 is 0 Å². The molecule has 100 valence electrons. The minimum absolute atomic E-state index is 0.0796. The van der Waals surface area contributed by atoms with Crippen molar-refractivity contribution in [1.82, 2.24) is 9.78 Å². The smallest absolute Gasteiger partial charge is 0.275 e. The molecular formula is C14H17N3O2. The number of rotatable bonds is 3. The van der Waals surface area contributed by atoms with Gasteiger partial charge in [-0.15, -0.1) is 0 Å². The van der Waals surface area contributed by atoms with E-state index in [-0.39, 0.29) is 17.9 Å². The lowest BCUT2D eigenvalue weighted by molar-refractivity contribution is 0.457. The first-order valence-electron chi connectivity index (χ1n) is 6.15. The molecule has 0 bridgehead atoms. The third kappa shape index (κ3) is 2.66. The van der Waals surface area contributed by atoms with Crippen molar-refractivity contribution in [3.63, 3.8) is 0 Å². The third-order valence-electron chi connectivity index (χ3n) is 2.98. The second kappa shape index (κ2) is 5.24. The molecule has 0 fully saturated rings. The van der Waals surface area contributed by atoms with Crippen LogP contribution >= 0.6 is 0 Å². The van der Waals surface area contributed by atoms with Gasteiger partial charge < -0.3 is 10.8 Å². The molecule has 0 unspecified atom stereocenters. The van der Waals surface area contributed by atoms with Crippen molar-refractivity contribution >= 4 is 0 Å². The lowest BCUT2D eigenvalue weighted by Crippen LogP contribution is -2.22. The van der Waals surface area contributed by atoms with Gasteiger partial charge in [-0.3, -0.25) is 4.79 Å². The lowest BCUT2D eigenvalue weighted by atomic mass is 10.0. The molecule has 2 aromatic rings. The van der Waals surface area contributed by atoms with Crippen LogP contribution in [0, 0.1) is 0 Å². The third-order valence-corrected chi connectivity index (χ3v) is 2.98. The summed E-state index contributed by atoms with van der Waals surface area (Å²) in [4.78, 5) is 11.8. The quantitative estimate of drug-likeness (QED) is 0.875. The van der Waals surface area contributed by atoms with Crippen LogP contribution in [0.1, 0.15) is 31.0 Å². The fourth-order valence-electron chi connectivity index (χ4n) is 1.81. The van der Waals surface area contributed by atoms with E-state index in [1.807, 2.05) is 24.3 Å². The molecule has 3 N–H and O–H groups in total. The summed E-state index contributed by atoms with van der Waals surface area (Å²) >= 11 is 0. The van der Waals surface area contributed by atoms with Crippen LogP contribution in [-0.2, 0) is 6.54 Å². The highest BCUT2D eigenvalue weighted by Crippen LogP contribution is 2.16. The van der Waals surface area contributed by atoms with E-state index in [0.717, 1.165) is 6.07 Å². The first-order chi connectivity index (χ1) is 9.02. The zero-order chi connectivity index (χ0) is 14.0. The van der Waals surface area contributed by atoms with Gasteiger partial charge in [0.05, 0.1) is 5.69 Å². The predicted octanol–water partition coefficient (Wildman–Crippen LogP) is 1.52. The minimum atomic E-state index is -0.382. The Bertz CT molecular complexity index is 630. The summed E-state index contributed by atoms with van der Waals surface area (Å²) in [6.45, 7) is 4.29. The summed E-state index contributed by atoms with van der Waals surface area (Å²) < 4.78 is 1.24. The van der Waals surface area contributed by atoms with Gasteiger partial charge in [0.15, 0.2) is 0 Å². The van der Waals surface area contributed by atoms with Crippen molar-refractivity contribution in [3.05, 3.63) is 51.9 Å². The molecule has 5 nitrogen and oxygen atoms in total. The summed E-state index contributed by atoms with van der Waals surface area (Å²) in [5.41, 5.74) is 7.24. The Kier molecular flexibility index (Phi) is 3.66. The maximum atomic E-state index is 11.8. The molecule has 0 saturated heterocycles. The van der Waals surface area contributed by atoms with Crippen molar-refractivity contribution in [3.8, 4) is 11.4 Å². The van der Waals surface area contributed by atoms with Crippen LogP contribution in [0.4, 0.5) is 0 Å². The lowest BCUT2D eigenvalue weighted by Gasteiger charge is -2.09. The highest BCUT2D eigenvalue weighted by Gasteiger charge is 2.08. The van der Waals surface area contributed by atoms with Gasteiger partial charge in [0, 0.05) is 12.6 Å². The average molecular weight is 259 g/mol. The van der Waals surface area contributed by atoms with Crippen molar-refractivity contribution in [2.45, 2.75) is 26.3 Å². The van der Waals surface area contributed by atoms with Gasteiger partial charge in [-0.1, -0.05) is 26.0 Å². The zero-order valence-corrected chi connectivity index (χ0v) is 11.0. The average Bonchev–Trinajstić information content (AvgIpc) is 2.39. The molecule has 1 heterocycles. The summed E-state index contributed by atoms with van der Waals surface area (Å²) in [6.07, 6.45) is 0. The second-order valence-corrected chi connectivity index (χ2v) is 4.68. The van der Waals surface area contributed by atoms with E-state index >= 15 is 0 Å². The standard InChI is InChI=1S/C14H17N3O2/c1-9(2)10-3-5-11(6-4-10)17-14(19)7-13(18)12(8-15)16-17/h3-7,9,18H,8,15H2,1-2H3. The Morgan fingerprint density at radius 3 is 2.47 bits per heavy atom. The van der Waals surface area contributed by atoms with Gasteiger partial charge in [0.25, 0.3) is 5.56 Å². The number of nitrogens with two attached hydrogens (primary N) is 1. The van der Waals surface area contributed by atoms with Gasteiger partial charge in [-0.25, -0.2) is 0 Å². The monoisotopic (exact) mass is 259 g/mol. The molecule has 0 aliphatic carbocycles. The Hall–Kier alpha value is -2.14. The van der Waals surface area contributed by atoms with Crippen LogP contribution in [0.3, 0.4) is 0 Å². The van der Waals surface area contributed by atoms with Crippen molar-refractivity contribution < 1.29 is 5.11 Å². The molecule has 0 saturated carbocycles. The van der Waals surface area contributed by atoms with E-state index in [1.165, 1.54) is 10.2 Å². The second-order valence-electron chi connectivity index (χ2n) is 4.68. The van der Waals surface area contributed by atoms with E-state index in [9.17, 15) is 9.90 Å². The van der Waals surface area contributed by atoms with E-state index in [0.29, 0.717) is 17.3 Å². The van der Waals surface area contributed by atoms with Crippen LogP contribution in [0.15, 0.2) is 35.1 Å². The maximum absolute atomic E-state index is 11.8. The van der Waals surface area contributed by atoms with Crippen molar-refractivity contribution in [2.24, 2.45) is 5.73 Å². The molecular weight excluding hydrogens is 242 g/mol. The van der Waals surface area contributed by atoms with Crippen molar-refractivity contribution in [1.29, 1.82) is 0 Å². The number of hydrogen-bond donors (Lipinski definition) is 2. The number of nitrogens with zero attached hydrogens (tertiary/aromatic N) is 2. The highest BCUT2D eigenvalue weighted by molar-refractivity contribution is 5.36. The summed E-state index contributed by atoms with van der Waals surface area (Å²) in [5.74, 6) is 0.265. The largest absolute Gasteiger partial charge is 0.506 e. The summed E-state index contributed by atoms with van der Waals surface area (Å²) in [5, 5.41) is 13.6. The van der Waals surface area contributed by atoms with Gasteiger partial charge in [0.1, 0.15) is 11.4 Å². The number of aromatic hydroxyl groups is 1. The SMILES string of the molecule is CC(C)c1ccc(-n2nc(CN)c(O)cc2=O)cc1. The fourth-order valence-corrected chi connectivity index (χ4v) is 1.81. The number of benzene rings is 1. The summed E-state index contributed by atoms with van der Waals surface area (Å²) in [7, 11) is 0. The molecule has 0 aliphatic heterocycles. The van der Waals surface area contributed by atoms with E-state index in [2.05, 4.69) is 18.9 Å². The molecule has 0 amide bonds. The Morgan fingerprint density at radius 1 is 1.32 bits per heavy atom. The molecule has 0 spiro atoms. The normalized spacial score (nSPS) is 10.9. The highest BCUT2D eigenvalue weighted by atomic mass is 16.3. The van der Waals surface area contributed by atoms with E-state index in [1.54, 1.807) is 0 Å². The van der Waals surface area contributed by atoms with Crippen LogP contribution < -0.4 is 11.3 Å². The topological polar surface area (TPSA) is 81.1 Å². The molecule has 2 rings (SSSR count). The predicted molar refractivity (Wildman–Crippen MR) is 73.5 cm³/mol. The number of hydrogen-bond acceptors (Lipinski definition) is 4. The van der Waals surface area contributed by atoms with Crippen LogP contribution in [0.2, 0.25) is 0 Å². The van der Waals surface area contributed by atoms with Crippen LogP contribution in [0.25, 0.3) is 5.69 Å². The first-order valence-corrected chi connectivity index (χ1v) is 6.15. The van der Waals surface area contributed by atoms with Gasteiger partial charge in [0.2, 0.25) is 0 Å². The molecule has 19 heavy (non-hydrogen) atoms. The Morgan fingerprint density at radius 2 is 1.95 bits per heavy atom.